The second-order valence-corrected chi connectivity index (χ2v) is 8.05. The van der Waals surface area contributed by atoms with Crippen LogP contribution in [0.4, 0.5) is 4.39 Å². The van der Waals surface area contributed by atoms with Crippen LogP contribution in [0.2, 0.25) is 5.02 Å². The van der Waals surface area contributed by atoms with Gasteiger partial charge < -0.3 is 4.90 Å². The Bertz CT molecular complexity index is 634. The van der Waals surface area contributed by atoms with E-state index in [0.29, 0.717) is 17.9 Å². The first kappa shape index (κ1) is 16.3. The third-order valence-corrected chi connectivity index (χ3v) is 6.25. The molecule has 0 radical (unpaired) electrons. The summed E-state index contributed by atoms with van der Waals surface area (Å²) < 4.78 is 13.4. The van der Waals surface area contributed by atoms with Crippen LogP contribution >= 0.6 is 11.6 Å². The maximum Gasteiger partial charge on any atom is 0.225 e. The standard InChI is InChI=1S/C19H24ClFN2O/c20-17-8-13(5-7-18(17)21)9-22-10-14-4-6-16(22)12-23(11-14)19(24)15-2-1-3-15/h5,7-8,14-16H,1-4,6,9-12H2/t14-,16-/m0/s1. The van der Waals surface area contributed by atoms with Gasteiger partial charge in [-0.05, 0) is 49.3 Å². The van der Waals surface area contributed by atoms with E-state index >= 15 is 0 Å². The molecule has 0 spiro atoms. The Balaban J connectivity index is 1.46. The summed E-state index contributed by atoms with van der Waals surface area (Å²) in [6, 6.07) is 5.40. The van der Waals surface area contributed by atoms with E-state index in [9.17, 15) is 9.18 Å². The number of benzene rings is 1. The highest BCUT2D eigenvalue weighted by Crippen LogP contribution is 2.33. The lowest BCUT2D eigenvalue weighted by Crippen LogP contribution is -2.45. The number of piperidine rings is 1. The molecule has 2 atom stereocenters. The molecule has 1 saturated carbocycles. The van der Waals surface area contributed by atoms with Gasteiger partial charge in [0.2, 0.25) is 5.91 Å². The third kappa shape index (κ3) is 3.18. The first-order chi connectivity index (χ1) is 11.6. The van der Waals surface area contributed by atoms with Gasteiger partial charge in [-0.1, -0.05) is 24.1 Å². The average Bonchev–Trinajstić information content (AvgIpc) is 2.81. The molecule has 24 heavy (non-hydrogen) atoms. The number of hydrogen-bond acceptors (Lipinski definition) is 2. The first-order valence-electron chi connectivity index (χ1n) is 9.07. The van der Waals surface area contributed by atoms with Gasteiger partial charge in [0.05, 0.1) is 5.02 Å². The molecule has 4 fully saturated rings. The lowest BCUT2D eigenvalue weighted by Gasteiger charge is -2.36. The number of amides is 1. The van der Waals surface area contributed by atoms with E-state index in [1.54, 1.807) is 6.07 Å². The van der Waals surface area contributed by atoms with Crippen molar-refractivity contribution < 1.29 is 9.18 Å². The maximum atomic E-state index is 13.4. The summed E-state index contributed by atoms with van der Waals surface area (Å²) in [7, 11) is 0. The van der Waals surface area contributed by atoms with Crippen LogP contribution in [0.5, 0.6) is 0 Å². The number of nitrogens with zero attached hydrogens (tertiary/aromatic N) is 2. The number of rotatable bonds is 3. The van der Waals surface area contributed by atoms with Gasteiger partial charge in [-0.25, -0.2) is 4.39 Å². The van der Waals surface area contributed by atoms with Crippen LogP contribution in [0.25, 0.3) is 0 Å². The molecule has 1 aromatic rings. The average molecular weight is 351 g/mol. The molecule has 1 aromatic carbocycles. The minimum atomic E-state index is -0.366. The van der Waals surface area contributed by atoms with E-state index in [1.807, 2.05) is 6.07 Å². The van der Waals surface area contributed by atoms with Crippen molar-refractivity contribution in [3.63, 3.8) is 0 Å². The zero-order chi connectivity index (χ0) is 16.7. The molecular weight excluding hydrogens is 327 g/mol. The summed E-state index contributed by atoms with van der Waals surface area (Å²) in [6.07, 6.45) is 5.70. The van der Waals surface area contributed by atoms with E-state index < -0.39 is 0 Å². The zero-order valence-electron chi connectivity index (χ0n) is 13.9. The lowest BCUT2D eigenvalue weighted by molar-refractivity contribution is -0.138. The number of hydrogen-bond donors (Lipinski definition) is 0. The second kappa shape index (κ2) is 6.64. The van der Waals surface area contributed by atoms with Crippen LogP contribution < -0.4 is 0 Å². The Morgan fingerprint density at radius 1 is 1.17 bits per heavy atom. The predicted molar refractivity (Wildman–Crippen MR) is 92.3 cm³/mol. The summed E-state index contributed by atoms with van der Waals surface area (Å²) in [5.74, 6) is 0.857. The molecule has 3 aliphatic heterocycles. The van der Waals surface area contributed by atoms with Crippen molar-refractivity contribution >= 4 is 17.5 Å². The van der Waals surface area contributed by atoms with Crippen molar-refractivity contribution in [2.75, 3.05) is 19.6 Å². The fourth-order valence-electron chi connectivity index (χ4n) is 4.34. The molecule has 1 amide bonds. The molecular formula is C19H24ClFN2O. The SMILES string of the molecule is O=C(C1CCC1)N1C[C@H]2CC[C@@H](C1)N(Cc1ccc(F)c(Cl)c1)C2. The maximum absolute atomic E-state index is 13.4. The Kier molecular flexibility index (Phi) is 4.52. The van der Waals surface area contributed by atoms with Crippen LogP contribution in [-0.2, 0) is 11.3 Å². The van der Waals surface area contributed by atoms with Crippen LogP contribution in [0.1, 0.15) is 37.7 Å². The van der Waals surface area contributed by atoms with Gasteiger partial charge in [0.25, 0.3) is 0 Å². The van der Waals surface area contributed by atoms with E-state index in [0.717, 1.165) is 51.0 Å². The van der Waals surface area contributed by atoms with E-state index in [-0.39, 0.29) is 16.8 Å². The Hall–Kier alpha value is -1.13. The van der Waals surface area contributed by atoms with E-state index in [1.165, 1.54) is 18.9 Å². The number of carbonyl (C=O) groups is 1. The van der Waals surface area contributed by atoms with Crippen molar-refractivity contribution in [3.8, 4) is 0 Å². The molecule has 130 valence electrons. The van der Waals surface area contributed by atoms with Crippen LogP contribution in [0, 0.1) is 17.7 Å². The summed E-state index contributed by atoms with van der Waals surface area (Å²) in [6.45, 7) is 3.56. The van der Waals surface area contributed by atoms with Crippen molar-refractivity contribution in [1.29, 1.82) is 0 Å². The van der Waals surface area contributed by atoms with Gasteiger partial charge in [0.1, 0.15) is 5.82 Å². The molecule has 2 bridgehead atoms. The molecule has 5 heteroatoms. The van der Waals surface area contributed by atoms with Gasteiger partial charge in [0, 0.05) is 38.1 Å². The Labute approximate surface area is 147 Å². The second-order valence-electron chi connectivity index (χ2n) is 7.65. The summed E-state index contributed by atoms with van der Waals surface area (Å²) in [4.78, 5) is 17.2. The molecule has 0 unspecified atom stereocenters. The number of carbonyl (C=O) groups excluding carboxylic acids is 1. The quantitative estimate of drug-likeness (QED) is 0.829. The molecule has 3 saturated heterocycles. The fraction of sp³-hybridized carbons (Fsp3) is 0.632. The molecule has 3 heterocycles. The summed E-state index contributed by atoms with van der Waals surface area (Å²) >= 11 is 5.92. The van der Waals surface area contributed by atoms with Gasteiger partial charge in [-0.15, -0.1) is 0 Å². The third-order valence-electron chi connectivity index (χ3n) is 5.96. The normalized spacial score (nSPS) is 27.8. The van der Waals surface area contributed by atoms with Crippen molar-refractivity contribution in [1.82, 2.24) is 9.80 Å². The molecule has 1 aliphatic carbocycles. The highest BCUT2D eigenvalue weighted by atomic mass is 35.5. The van der Waals surface area contributed by atoms with Gasteiger partial charge in [-0.2, -0.15) is 0 Å². The van der Waals surface area contributed by atoms with E-state index in [2.05, 4.69) is 9.80 Å². The predicted octanol–water partition coefficient (Wildman–Crippen LogP) is 3.70. The Morgan fingerprint density at radius 2 is 2.00 bits per heavy atom. The molecule has 0 N–H and O–H groups in total. The van der Waals surface area contributed by atoms with Crippen molar-refractivity contribution in [2.24, 2.45) is 11.8 Å². The summed E-state index contributed by atoms with van der Waals surface area (Å²) in [5, 5.41) is 0.189. The largest absolute Gasteiger partial charge is 0.341 e. The minimum Gasteiger partial charge on any atom is -0.341 e. The van der Waals surface area contributed by atoms with Crippen molar-refractivity contribution in [2.45, 2.75) is 44.7 Å². The lowest BCUT2D eigenvalue weighted by atomic mass is 9.84. The summed E-state index contributed by atoms with van der Waals surface area (Å²) in [5.41, 5.74) is 1.05. The van der Waals surface area contributed by atoms with Gasteiger partial charge in [-0.3, -0.25) is 9.69 Å². The smallest absolute Gasteiger partial charge is 0.225 e. The molecule has 4 aliphatic rings. The topological polar surface area (TPSA) is 23.6 Å². The fourth-order valence-corrected chi connectivity index (χ4v) is 4.54. The highest BCUT2D eigenvalue weighted by Gasteiger charge is 2.39. The monoisotopic (exact) mass is 350 g/mol. The van der Waals surface area contributed by atoms with Crippen LogP contribution in [0.3, 0.4) is 0 Å². The molecule has 3 nitrogen and oxygen atoms in total. The van der Waals surface area contributed by atoms with Gasteiger partial charge >= 0.3 is 0 Å². The number of fused-ring (bicyclic) bond motifs is 4. The zero-order valence-corrected chi connectivity index (χ0v) is 14.6. The van der Waals surface area contributed by atoms with Gasteiger partial charge in [0.15, 0.2) is 0 Å². The van der Waals surface area contributed by atoms with E-state index in [4.69, 9.17) is 11.6 Å². The number of halogens is 2. The highest BCUT2D eigenvalue weighted by molar-refractivity contribution is 6.30. The molecule has 0 aromatic heterocycles. The Morgan fingerprint density at radius 3 is 2.71 bits per heavy atom. The first-order valence-corrected chi connectivity index (χ1v) is 9.44. The van der Waals surface area contributed by atoms with Crippen molar-refractivity contribution in [3.05, 3.63) is 34.6 Å². The molecule has 5 rings (SSSR count). The van der Waals surface area contributed by atoms with Crippen LogP contribution in [0.15, 0.2) is 18.2 Å². The van der Waals surface area contributed by atoms with Crippen LogP contribution in [-0.4, -0.2) is 41.4 Å². The minimum absolute atomic E-state index is 0.189.